The molecule has 2 N–H and O–H groups in total. The van der Waals surface area contributed by atoms with Gasteiger partial charge in [-0.25, -0.2) is 0 Å². The zero-order valence-corrected chi connectivity index (χ0v) is 21.9. The van der Waals surface area contributed by atoms with Crippen molar-refractivity contribution in [1.82, 2.24) is 0 Å². The lowest BCUT2D eigenvalue weighted by atomic mass is 9.73. The van der Waals surface area contributed by atoms with E-state index in [1.807, 2.05) is 12.1 Å². The molecule has 0 saturated heterocycles. The SMILES string of the molecule is CC(c1ccc(O)c(Sc2cc(C(C)C(C)C(C)(C)C)ccc2O)c1)C(C)C(C)(C)C. The number of hydrogen-bond acceptors (Lipinski definition) is 3. The lowest BCUT2D eigenvalue weighted by Crippen LogP contribution is -2.22. The van der Waals surface area contributed by atoms with Crippen molar-refractivity contribution < 1.29 is 10.2 Å². The van der Waals surface area contributed by atoms with Gasteiger partial charge >= 0.3 is 0 Å². The van der Waals surface area contributed by atoms with Crippen LogP contribution in [0.15, 0.2) is 46.2 Å². The number of rotatable bonds is 6. The number of aromatic hydroxyl groups is 2. The molecule has 2 aromatic carbocycles. The molecule has 31 heavy (non-hydrogen) atoms. The van der Waals surface area contributed by atoms with Crippen LogP contribution >= 0.6 is 11.8 Å². The van der Waals surface area contributed by atoms with Gasteiger partial charge in [0, 0.05) is 0 Å². The van der Waals surface area contributed by atoms with Gasteiger partial charge in [0.2, 0.25) is 0 Å². The van der Waals surface area contributed by atoms with Crippen molar-refractivity contribution in [2.75, 3.05) is 0 Å². The summed E-state index contributed by atoms with van der Waals surface area (Å²) in [7, 11) is 0. The van der Waals surface area contributed by atoms with Gasteiger partial charge in [-0.1, -0.05) is 93.1 Å². The average Bonchev–Trinajstić information content (AvgIpc) is 2.67. The highest BCUT2D eigenvalue weighted by Gasteiger charge is 2.28. The summed E-state index contributed by atoms with van der Waals surface area (Å²) in [6.07, 6.45) is 0. The fourth-order valence-corrected chi connectivity index (χ4v) is 4.96. The summed E-state index contributed by atoms with van der Waals surface area (Å²) < 4.78 is 0. The summed E-state index contributed by atoms with van der Waals surface area (Å²) in [6, 6.07) is 11.8. The Balaban J connectivity index is 2.36. The highest BCUT2D eigenvalue weighted by atomic mass is 32.2. The predicted molar refractivity (Wildman–Crippen MR) is 134 cm³/mol. The first-order valence-corrected chi connectivity index (χ1v) is 12.3. The van der Waals surface area contributed by atoms with Crippen LogP contribution in [-0.4, -0.2) is 10.2 Å². The molecule has 0 aliphatic carbocycles. The molecule has 0 amide bonds. The molecule has 3 heteroatoms. The Kier molecular flexibility index (Phi) is 7.85. The minimum absolute atomic E-state index is 0.205. The first kappa shape index (κ1) is 25.6. The topological polar surface area (TPSA) is 40.5 Å². The summed E-state index contributed by atoms with van der Waals surface area (Å²) >= 11 is 1.44. The van der Waals surface area contributed by atoms with E-state index < -0.39 is 0 Å². The van der Waals surface area contributed by atoms with Crippen LogP contribution in [0.2, 0.25) is 0 Å². The third-order valence-corrected chi connectivity index (χ3v) is 8.57. The summed E-state index contributed by atoms with van der Waals surface area (Å²) in [6.45, 7) is 22.7. The summed E-state index contributed by atoms with van der Waals surface area (Å²) in [5.74, 6) is 2.23. The second-order valence-corrected chi connectivity index (χ2v) is 12.5. The Bertz CT molecular complexity index is 815. The molecule has 2 rings (SSSR count). The number of hydrogen-bond donors (Lipinski definition) is 2. The highest BCUT2D eigenvalue weighted by Crippen LogP contribution is 2.45. The first-order chi connectivity index (χ1) is 14.1. The Labute approximate surface area is 194 Å². The van der Waals surface area contributed by atoms with Crippen molar-refractivity contribution in [1.29, 1.82) is 0 Å². The Hall–Kier alpha value is -1.61. The zero-order valence-electron chi connectivity index (χ0n) is 21.1. The van der Waals surface area contributed by atoms with E-state index in [1.54, 1.807) is 12.1 Å². The van der Waals surface area contributed by atoms with Crippen LogP contribution in [0.25, 0.3) is 0 Å². The molecule has 0 aromatic heterocycles. The van der Waals surface area contributed by atoms with Crippen LogP contribution in [0.5, 0.6) is 11.5 Å². The zero-order chi connectivity index (χ0) is 23.7. The molecule has 0 spiro atoms. The van der Waals surface area contributed by atoms with Crippen molar-refractivity contribution in [3.8, 4) is 11.5 Å². The van der Waals surface area contributed by atoms with Crippen LogP contribution in [0, 0.1) is 22.7 Å². The molecule has 0 saturated carbocycles. The van der Waals surface area contributed by atoms with Gasteiger partial charge in [0.25, 0.3) is 0 Å². The fourth-order valence-electron chi connectivity index (χ4n) is 3.99. The van der Waals surface area contributed by atoms with Crippen LogP contribution in [0.4, 0.5) is 0 Å². The molecule has 2 aromatic rings. The van der Waals surface area contributed by atoms with E-state index in [1.165, 1.54) is 22.9 Å². The van der Waals surface area contributed by atoms with E-state index in [-0.39, 0.29) is 22.3 Å². The highest BCUT2D eigenvalue weighted by molar-refractivity contribution is 7.99. The van der Waals surface area contributed by atoms with Crippen LogP contribution < -0.4 is 0 Å². The third kappa shape index (κ3) is 6.22. The first-order valence-electron chi connectivity index (χ1n) is 11.5. The smallest absolute Gasteiger partial charge is 0.129 e. The molecule has 4 atom stereocenters. The number of phenols is 2. The molecule has 0 heterocycles. The van der Waals surface area contributed by atoms with E-state index in [9.17, 15) is 10.2 Å². The average molecular weight is 443 g/mol. The molecule has 0 fully saturated rings. The predicted octanol–water partition coefficient (Wildman–Crippen LogP) is 8.82. The Morgan fingerprint density at radius 2 is 0.935 bits per heavy atom. The van der Waals surface area contributed by atoms with Crippen molar-refractivity contribution in [3.05, 3.63) is 47.5 Å². The van der Waals surface area contributed by atoms with Crippen molar-refractivity contribution in [2.24, 2.45) is 22.7 Å². The molecule has 0 aliphatic rings. The van der Waals surface area contributed by atoms with E-state index in [4.69, 9.17) is 0 Å². The lowest BCUT2D eigenvalue weighted by molar-refractivity contribution is 0.228. The second kappa shape index (κ2) is 9.48. The third-order valence-electron chi connectivity index (χ3n) is 7.47. The quantitative estimate of drug-likeness (QED) is 0.469. The molecular weight excluding hydrogens is 400 g/mol. The molecule has 4 unspecified atom stereocenters. The van der Waals surface area contributed by atoms with Gasteiger partial charge in [0.05, 0.1) is 9.79 Å². The van der Waals surface area contributed by atoms with E-state index >= 15 is 0 Å². The largest absolute Gasteiger partial charge is 0.507 e. The van der Waals surface area contributed by atoms with E-state index in [0.29, 0.717) is 23.7 Å². The van der Waals surface area contributed by atoms with Gasteiger partial charge in [0.15, 0.2) is 0 Å². The Morgan fingerprint density at radius 3 is 1.23 bits per heavy atom. The van der Waals surface area contributed by atoms with Gasteiger partial charge in [-0.05, 0) is 69.9 Å². The van der Waals surface area contributed by atoms with Crippen LogP contribution in [0.3, 0.4) is 0 Å². The number of benzene rings is 2. The van der Waals surface area contributed by atoms with Gasteiger partial charge in [-0.15, -0.1) is 0 Å². The fraction of sp³-hybridized carbons (Fsp3) is 0.571. The second-order valence-electron chi connectivity index (χ2n) is 11.4. The molecule has 0 aliphatic heterocycles. The van der Waals surface area contributed by atoms with E-state index in [0.717, 1.165) is 9.79 Å². The maximum atomic E-state index is 10.5. The Morgan fingerprint density at radius 1 is 0.613 bits per heavy atom. The van der Waals surface area contributed by atoms with Crippen LogP contribution in [-0.2, 0) is 0 Å². The molecule has 0 radical (unpaired) electrons. The maximum absolute atomic E-state index is 10.5. The summed E-state index contributed by atoms with van der Waals surface area (Å²) in [5, 5.41) is 21.1. The lowest BCUT2D eigenvalue weighted by Gasteiger charge is -2.33. The van der Waals surface area contributed by atoms with Crippen molar-refractivity contribution >= 4 is 11.8 Å². The maximum Gasteiger partial charge on any atom is 0.129 e. The van der Waals surface area contributed by atoms with Gasteiger partial charge in [0.1, 0.15) is 11.5 Å². The number of phenolic OH excluding ortho intramolecular Hbond substituents is 2. The monoisotopic (exact) mass is 442 g/mol. The minimum atomic E-state index is 0.205. The van der Waals surface area contributed by atoms with Gasteiger partial charge < -0.3 is 10.2 Å². The molecular formula is C28H42O2S. The molecule has 2 nitrogen and oxygen atoms in total. The molecule has 172 valence electrons. The van der Waals surface area contributed by atoms with E-state index in [2.05, 4.69) is 81.4 Å². The normalized spacial score (nSPS) is 16.6. The van der Waals surface area contributed by atoms with Crippen molar-refractivity contribution in [2.45, 2.75) is 90.9 Å². The van der Waals surface area contributed by atoms with Crippen LogP contribution in [0.1, 0.15) is 92.2 Å². The minimum Gasteiger partial charge on any atom is -0.507 e. The van der Waals surface area contributed by atoms with Gasteiger partial charge in [-0.3, -0.25) is 0 Å². The van der Waals surface area contributed by atoms with Crippen molar-refractivity contribution in [3.63, 3.8) is 0 Å². The summed E-state index contributed by atoms with van der Waals surface area (Å²) in [5.41, 5.74) is 2.84. The van der Waals surface area contributed by atoms with Gasteiger partial charge in [-0.2, -0.15) is 0 Å². The summed E-state index contributed by atoms with van der Waals surface area (Å²) in [4.78, 5) is 1.57. The standard InChI is InChI=1S/C28H42O2S/c1-17(19(3)27(5,6)7)21-11-13-23(29)25(15-21)31-26-16-22(12-14-24(26)30)18(2)20(4)28(8,9)10/h11-20,29-30H,1-10H3. The molecule has 0 bridgehead atoms.